The highest BCUT2D eigenvalue weighted by molar-refractivity contribution is 5.95. The summed E-state index contributed by atoms with van der Waals surface area (Å²) in [5.74, 6) is 0.716. The third-order valence-corrected chi connectivity index (χ3v) is 5.59. The second-order valence-electron chi connectivity index (χ2n) is 9.16. The van der Waals surface area contributed by atoms with Crippen LogP contribution in [0.3, 0.4) is 0 Å². The van der Waals surface area contributed by atoms with Gasteiger partial charge in [-0.2, -0.15) is 0 Å². The van der Waals surface area contributed by atoms with E-state index in [-0.39, 0.29) is 23.6 Å². The highest BCUT2D eigenvalue weighted by atomic mass is 16.5. The second-order valence-corrected chi connectivity index (χ2v) is 9.16. The van der Waals surface area contributed by atoms with E-state index in [1.54, 1.807) is 4.57 Å². The van der Waals surface area contributed by atoms with Crippen LogP contribution in [0.15, 0.2) is 89.1 Å². The standard InChI is InChI=1S/C28H29N3O4/c1-28(2,3)20-13-15-22(16-14-20)35-19-25(32)29-30-26-23-11-7-8-12-24(23)31(27(26)33)17-18-34-21-9-5-4-6-10-21/h4-16,33H,17-19H2,1-3H3. The van der Waals surface area contributed by atoms with Gasteiger partial charge in [-0.05, 0) is 41.3 Å². The lowest BCUT2D eigenvalue weighted by atomic mass is 9.87. The number of azo groups is 1. The normalized spacial score (nSPS) is 11.7. The molecule has 4 rings (SSSR count). The molecular formula is C28H29N3O4. The van der Waals surface area contributed by atoms with Crippen LogP contribution < -0.4 is 9.47 Å². The minimum atomic E-state index is -0.548. The SMILES string of the molecule is CC(C)(C)c1ccc(OCC(=O)N=Nc2c(O)n(CCOc3ccccc3)c3ccccc23)cc1. The third kappa shape index (κ3) is 5.87. The van der Waals surface area contributed by atoms with E-state index in [0.29, 0.717) is 24.3 Å². The van der Waals surface area contributed by atoms with Crippen molar-refractivity contribution in [3.8, 4) is 17.4 Å². The molecular weight excluding hydrogens is 442 g/mol. The lowest BCUT2D eigenvalue weighted by Gasteiger charge is -2.19. The average Bonchev–Trinajstić information content (AvgIpc) is 3.12. The van der Waals surface area contributed by atoms with Gasteiger partial charge in [-0.1, -0.05) is 69.3 Å². The number of nitrogens with zero attached hydrogens (tertiary/aromatic N) is 3. The van der Waals surface area contributed by atoms with Crippen molar-refractivity contribution in [2.45, 2.75) is 32.7 Å². The lowest BCUT2D eigenvalue weighted by molar-refractivity contribution is -0.120. The number of aromatic hydroxyl groups is 1. The molecule has 0 unspecified atom stereocenters. The Labute approximate surface area is 204 Å². The molecule has 0 saturated heterocycles. The van der Waals surface area contributed by atoms with Crippen molar-refractivity contribution < 1.29 is 19.4 Å². The number of benzene rings is 3. The predicted octanol–water partition coefficient (Wildman–Crippen LogP) is 6.41. The monoisotopic (exact) mass is 471 g/mol. The van der Waals surface area contributed by atoms with E-state index in [0.717, 1.165) is 11.3 Å². The van der Waals surface area contributed by atoms with Gasteiger partial charge in [0.25, 0.3) is 0 Å². The Hall–Kier alpha value is -4.13. The first-order valence-electron chi connectivity index (χ1n) is 11.5. The molecule has 0 aliphatic heterocycles. The Balaban J connectivity index is 1.43. The first-order chi connectivity index (χ1) is 16.8. The van der Waals surface area contributed by atoms with Gasteiger partial charge in [0, 0.05) is 5.39 Å². The molecule has 180 valence electrons. The molecule has 1 N–H and O–H groups in total. The van der Waals surface area contributed by atoms with Gasteiger partial charge in [0.2, 0.25) is 5.88 Å². The molecule has 0 fully saturated rings. The molecule has 1 heterocycles. The van der Waals surface area contributed by atoms with Gasteiger partial charge in [-0.25, -0.2) is 0 Å². The maximum atomic E-state index is 12.3. The highest BCUT2D eigenvalue weighted by Crippen LogP contribution is 2.38. The number of hydrogen-bond donors (Lipinski definition) is 1. The van der Waals surface area contributed by atoms with Crippen LogP contribution >= 0.6 is 0 Å². The van der Waals surface area contributed by atoms with Gasteiger partial charge in [0.1, 0.15) is 18.1 Å². The molecule has 35 heavy (non-hydrogen) atoms. The minimum Gasteiger partial charge on any atom is -0.493 e. The van der Waals surface area contributed by atoms with Gasteiger partial charge in [-0.3, -0.25) is 4.79 Å². The molecule has 7 heteroatoms. The van der Waals surface area contributed by atoms with Crippen LogP contribution in [0, 0.1) is 0 Å². The largest absolute Gasteiger partial charge is 0.493 e. The summed E-state index contributed by atoms with van der Waals surface area (Å²) in [6, 6.07) is 24.5. The van der Waals surface area contributed by atoms with Crippen molar-refractivity contribution in [3.63, 3.8) is 0 Å². The summed E-state index contributed by atoms with van der Waals surface area (Å²) in [7, 11) is 0. The molecule has 1 amide bonds. The number of hydrogen-bond acceptors (Lipinski definition) is 5. The van der Waals surface area contributed by atoms with Crippen molar-refractivity contribution in [1.82, 2.24) is 4.57 Å². The number of fused-ring (bicyclic) bond motifs is 1. The molecule has 7 nitrogen and oxygen atoms in total. The summed E-state index contributed by atoms with van der Waals surface area (Å²) in [6.07, 6.45) is 0. The second kappa shape index (κ2) is 10.4. The van der Waals surface area contributed by atoms with Gasteiger partial charge in [0.05, 0.1) is 12.1 Å². The van der Waals surface area contributed by atoms with E-state index in [9.17, 15) is 9.90 Å². The number of para-hydroxylation sites is 2. The predicted molar refractivity (Wildman–Crippen MR) is 136 cm³/mol. The van der Waals surface area contributed by atoms with Crippen molar-refractivity contribution in [2.24, 2.45) is 10.2 Å². The maximum Gasteiger partial charge on any atom is 0.302 e. The van der Waals surface area contributed by atoms with Crippen molar-refractivity contribution in [1.29, 1.82) is 0 Å². The molecule has 0 aliphatic rings. The topological polar surface area (TPSA) is 85.4 Å². The third-order valence-electron chi connectivity index (χ3n) is 5.59. The Morgan fingerprint density at radius 1 is 0.886 bits per heavy atom. The van der Waals surface area contributed by atoms with E-state index >= 15 is 0 Å². The Morgan fingerprint density at radius 3 is 2.26 bits per heavy atom. The van der Waals surface area contributed by atoms with Crippen molar-refractivity contribution >= 4 is 22.5 Å². The van der Waals surface area contributed by atoms with Crippen LogP contribution in [-0.4, -0.2) is 28.8 Å². The van der Waals surface area contributed by atoms with Gasteiger partial charge in [-0.15, -0.1) is 10.2 Å². The van der Waals surface area contributed by atoms with E-state index in [2.05, 4.69) is 31.0 Å². The minimum absolute atomic E-state index is 0.0391. The molecule has 0 bridgehead atoms. The van der Waals surface area contributed by atoms with Crippen LogP contribution in [0.4, 0.5) is 5.69 Å². The van der Waals surface area contributed by atoms with E-state index in [4.69, 9.17) is 9.47 Å². The van der Waals surface area contributed by atoms with Gasteiger partial charge >= 0.3 is 5.91 Å². The first-order valence-corrected chi connectivity index (χ1v) is 11.5. The smallest absolute Gasteiger partial charge is 0.302 e. The Bertz CT molecular complexity index is 1320. The number of carbonyl (C=O) groups excluding carboxylic acids is 1. The maximum absolute atomic E-state index is 12.3. The van der Waals surface area contributed by atoms with Crippen molar-refractivity contribution in [2.75, 3.05) is 13.2 Å². The van der Waals surface area contributed by atoms with Crippen LogP contribution in [0.1, 0.15) is 26.3 Å². The zero-order valence-electron chi connectivity index (χ0n) is 20.1. The number of aromatic nitrogens is 1. The van der Waals surface area contributed by atoms with Gasteiger partial charge < -0.3 is 19.1 Å². The molecule has 0 radical (unpaired) electrons. The highest BCUT2D eigenvalue weighted by Gasteiger charge is 2.17. The molecule has 3 aromatic carbocycles. The first kappa shape index (κ1) is 24.0. The molecule has 0 atom stereocenters. The zero-order valence-corrected chi connectivity index (χ0v) is 20.1. The quantitative estimate of drug-likeness (QED) is 0.301. The summed E-state index contributed by atoms with van der Waals surface area (Å²) in [5, 5.41) is 19.4. The van der Waals surface area contributed by atoms with Crippen molar-refractivity contribution in [3.05, 3.63) is 84.4 Å². The molecule has 1 aromatic heterocycles. The summed E-state index contributed by atoms with van der Waals surface area (Å²) >= 11 is 0. The number of rotatable bonds is 8. The fourth-order valence-electron chi connectivity index (χ4n) is 3.70. The molecule has 0 aliphatic carbocycles. The van der Waals surface area contributed by atoms with Crippen LogP contribution in [0.2, 0.25) is 0 Å². The average molecular weight is 472 g/mol. The van der Waals surface area contributed by atoms with Crippen LogP contribution in [0.5, 0.6) is 17.4 Å². The van der Waals surface area contributed by atoms with E-state index in [1.165, 1.54) is 5.56 Å². The number of ether oxygens (including phenoxy) is 2. The molecule has 4 aromatic rings. The van der Waals surface area contributed by atoms with E-state index < -0.39 is 5.91 Å². The lowest BCUT2D eigenvalue weighted by Crippen LogP contribution is -2.11. The Morgan fingerprint density at radius 2 is 1.54 bits per heavy atom. The fraction of sp³-hybridized carbons (Fsp3) is 0.250. The number of carbonyl (C=O) groups is 1. The summed E-state index contributed by atoms with van der Waals surface area (Å²) in [6.45, 7) is 6.91. The summed E-state index contributed by atoms with van der Waals surface area (Å²) in [4.78, 5) is 12.3. The fourth-order valence-corrected chi connectivity index (χ4v) is 3.70. The Kier molecular flexibility index (Phi) is 7.15. The van der Waals surface area contributed by atoms with Crippen LogP contribution in [0.25, 0.3) is 10.9 Å². The summed E-state index contributed by atoms with van der Waals surface area (Å²) in [5.41, 5.74) is 2.23. The summed E-state index contributed by atoms with van der Waals surface area (Å²) < 4.78 is 13.0. The molecule has 0 spiro atoms. The zero-order chi connectivity index (χ0) is 24.8. The van der Waals surface area contributed by atoms with E-state index in [1.807, 2.05) is 78.9 Å². The molecule has 0 saturated carbocycles. The number of amides is 1. The van der Waals surface area contributed by atoms with Crippen LogP contribution in [-0.2, 0) is 16.8 Å². The van der Waals surface area contributed by atoms with Gasteiger partial charge in [0.15, 0.2) is 12.3 Å².